The van der Waals surface area contributed by atoms with Crippen LogP contribution in [0.4, 0.5) is 6.01 Å². The Bertz CT molecular complexity index is 468. The molecule has 0 fully saturated rings. The van der Waals surface area contributed by atoms with E-state index in [1.165, 1.54) is 0 Å². The lowest BCUT2D eigenvalue weighted by Crippen LogP contribution is -1.92. The number of rotatable bonds is 4. The van der Waals surface area contributed by atoms with Gasteiger partial charge in [-0.1, -0.05) is 17.2 Å². The smallest absolute Gasteiger partial charge is 0.312 e. The van der Waals surface area contributed by atoms with E-state index in [2.05, 4.69) is 10.2 Å². The van der Waals surface area contributed by atoms with Crippen molar-refractivity contribution in [1.82, 2.24) is 10.2 Å². The molecule has 0 aliphatic rings. The van der Waals surface area contributed by atoms with Gasteiger partial charge >= 0.3 is 6.01 Å². The number of anilines is 1. The van der Waals surface area contributed by atoms with Crippen molar-refractivity contribution in [2.24, 2.45) is 0 Å². The predicted octanol–water partition coefficient (Wildman–Crippen LogP) is 1.45. The third-order valence-corrected chi connectivity index (χ3v) is 2.24. The highest BCUT2D eigenvalue weighted by Gasteiger charge is 2.03. The molecule has 16 heavy (non-hydrogen) atoms. The molecule has 0 saturated carbocycles. The first-order valence-corrected chi connectivity index (χ1v) is 4.98. The summed E-state index contributed by atoms with van der Waals surface area (Å²) in [6.07, 6.45) is 1.50. The topological polar surface area (TPSA) is 74.2 Å². The maximum absolute atomic E-state index is 5.33. The van der Waals surface area contributed by atoms with E-state index in [1.54, 1.807) is 7.11 Å². The lowest BCUT2D eigenvalue weighted by molar-refractivity contribution is 0.414. The summed E-state index contributed by atoms with van der Waals surface area (Å²) >= 11 is 0. The van der Waals surface area contributed by atoms with Crippen molar-refractivity contribution >= 4 is 6.01 Å². The molecule has 2 aromatic rings. The van der Waals surface area contributed by atoms with Crippen LogP contribution in [0.25, 0.3) is 0 Å². The Morgan fingerprint density at radius 3 is 2.88 bits per heavy atom. The number of benzene rings is 1. The highest BCUT2D eigenvalue weighted by molar-refractivity contribution is 5.28. The Labute approximate surface area is 93.2 Å². The van der Waals surface area contributed by atoms with E-state index in [1.807, 2.05) is 24.3 Å². The molecule has 84 valence electrons. The first-order chi connectivity index (χ1) is 7.78. The Morgan fingerprint density at radius 1 is 1.31 bits per heavy atom. The maximum Gasteiger partial charge on any atom is 0.312 e. The lowest BCUT2D eigenvalue weighted by atomic mass is 10.1. The van der Waals surface area contributed by atoms with Gasteiger partial charge in [0.05, 0.1) is 7.11 Å². The Hall–Kier alpha value is -2.04. The largest absolute Gasteiger partial charge is 0.497 e. The molecule has 0 amide bonds. The van der Waals surface area contributed by atoms with Crippen molar-refractivity contribution in [3.05, 3.63) is 35.7 Å². The van der Waals surface area contributed by atoms with E-state index in [9.17, 15) is 0 Å². The Kier molecular flexibility index (Phi) is 3.05. The van der Waals surface area contributed by atoms with Gasteiger partial charge in [0.1, 0.15) is 5.75 Å². The molecule has 5 heteroatoms. The zero-order valence-electron chi connectivity index (χ0n) is 9.01. The number of aromatic nitrogens is 2. The number of aryl methyl sites for hydroxylation is 2. The molecule has 0 bridgehead atoms. The minimum Gasteiger partial charge on any atom is -0.497 e. The molecular weight excluding hydrogens is 206 g/mol. The zero-order valence-corrected chi connectivity index (χ0v) is 9.01. The standard InChI is InChI=1S/C11H13N3O2/c1-15-9-4-2-3-8(7-9)5-6-10-13-14-11(12)16-10/h2-4,7H,5-6H2,1H3,(H2,12,14). The van der Waals surface area contributed by atoms with Gasteiger partial charge in [-0.2, -0.15) is 0 Å². The summed E-state index contributed by atoms with van der Waals surface area (Å²) in [4.78, 5) is 0. The van der Waals surface area contributed by atoms with Crippen molar-refractivity contribution in [1.29, 1.82) is 0 Å². The minimum atomic E-state index is 0.112. The Balaban J connectivity index is 1.99. The second-order valence-electron chi connectivity index (χ2n) is 3.39. The molecule has 0 unspecified atom stereocenters. The summed E-state index contributed by atoms with van der Waals surface area (Å²) in [6.45, 7) is 0. The second kappa shape index (κ2) is 4.65. The van der Waals surface area contributed by atoms with Crippen LogP contribution >= 0.6 is 0 Å². The summed E-state index contributed by atoms with van der Waals surface area (Å²) in [5, 5.41) is 7.40. The summed E-state index contributed by atoms with van der Waals surface area (Å²) < 4.78 is 10.2. The molecule has 5 nitrogen and oxygen atoms in total. The number of nitrogen functional groups attached to an aromatic ring is 1. The zero-order chi connectivity index (χ0) is 11.4. The van der Waals surface area contributed by atoms with Crippen LogP contribution in [0.15, 0.2) is 28.7 Å². The van der Waals surface area contributed by atoms with Crippen LogP contribution in [0, 0.1) is 0 Å². The van der Waals surface area contributed by atoms with Gasteiger partial charge in [-0.25, -0.2) is 0 Å². The van der Waals surface area contributed by atoms with Crippen LogP contribution in [0.5, 0.6) is 5.75 Å². The van der Waals surface area contributed by atoms with Crippen molar-refractivity contribution in [3.8, 4) is 5.75 Å². The van der Waals surface area contributed by atoms with E-state index in [-0.39, 0.29) is 6.01 Å². The normalized spacial score (nSPS) is 10.3. The number of hydrogen-bond acceptors (Lipinski definition) is 5. The van der Waals surface area contributed by atoms with E-state index in [4.69, 9.17) is 14.9 Å². The number of ether oxygens (including phenoxy) is 1. The van der Waals surface area contributed by atoms with Crippen LogP contribution in [0.1, 0.15) is 11.5 Å². The average molecular weight is 219 g/mol. The van der Waals surface area contributed by atoms with Crippen LogP contribution in [0.3, 0.4) is 0 Å². The number of methoxy groups -OCH3 is 1. The molecule has 0 saturated heterocycles. The Morgan fingerprint density at radius 2 is 2.19 bits per heavy atom. The molecule has 0 aliphatic heterocycles. The molecule has 0 atom stereocenters. The molecule has 1 aromatic heterocycles. The van der Waals surface area contributed by atoms with Crippen LogP contribution in [-0.4, -0.2) is 17.3 Å². The van der Waals surface area contributed by atoms with Gasteiger partial charge in [0.2, 0.25) is 5.89 Å². The van der Waals surface area contributed by atoms with Crippen molar-refractivity contribution in [2.75, 3.05) is 12.8 Å². The van der Waals surface area contributed by atoms with Crippen molar-refractivity contribution in [3.63, 3.8) is 0 Å². The SMILES string of the molecule is COc1cccc(CCc2nnc(N)o2)c1. The number of nitrogens with zero attached hydrogens (tertiary/aromatic N) is 2. The molecule has 0 radical (unpaired) electrons. The molecule has 0 aliphatic carbocycles. The summed E-state index contributed by atoms with van der Waals surface area (Å²) in [7, 11) is 1.65. The van der Waals surface area contributed by atoms with Gasteiger partial charge in [0.15, 0.2) is 0 Å². The van der Waals surface area contributed by atoms with Crippen LogP contribution in [0.2, 0.25) is 0 Å². The first kappa shape index (κ1) is 10.5. The van der Waals surface area contributed by atoms with E-state index in [0.717, 1.165) is 17.7 Å². The molecule has 0 spiro atoms. The number of hydrogen-bond donors (Lipinski definition) is 1. The van der Waals surface area contributed by atoms with Crippen molar-refractivity contribution in [2.45, 2.75) is 12.8 Å². The van der Waals surface area contributed by atoms with Gasteiger partial charge in [0, 0.05) is 6.42 Å². The molecule has 2 rings (SSSR count). The first-order valence-electron chi connectivity index (χ1n) is 4.98. The van der Waals surface area contributed by atoms with Gasteiger partial charge in [0.25, 0.3) is 0 Å². The third-order valence-electron chi connectivity index (χ3n) is 2.24. The second-order valence-corrected chi connectivity index (χ2v) is 3.39. The maximum atomic E-state index is 5.33. The predicted molar refractivity (Wildman–Crippen MR) is 59.1 cm³/mol. The third kappa shape index (κ3) is 2.50. The van der Waals surface area contributed by atoms with Crippen molar-refractivity contribution < 1.29 is 9.15 Å². The average Bonchev–Trinajstić information content (AvgIpc) is 2.73. The van der Waals surface area contributed by atoms with Gasteiger partial charge < -0.3 is 14.9 Å². The van der Waals surface area contributed by atoms with Gasteiger partial charge in [-0.05, 0) is 24.1 Å². The fourth-order valence-electron chi connectivity index (χ4n) is 1.45. The van der Waals surface area contributed by atoms with Crippen LogP contribution in [-0.2, 0) is 12.8 Å². The highest BCUT2D eigenvalue weighted by atomic mass is 16.5. The van der Waals surface area contributed by atoms with Crippen LogP contribution < -0.4 is 10.5 Å². The van der Waals surface area contributed by atoms with Gasteiger partial charge in [-0.3, -0.25) is 0 Å². The van der Waals surface area contributed by atoms with E-state index in [0.29, 0.717) is 12.3 Å². The molecular formula is C11H13N3O2. The van der Waals surface area contributed by atoms with Gasteiger partial charge in [-0.15, -0.1) is 5.10 Å². The quantitative estimate of drug-likeness (QED) is 0.842. The highest BCUT2D eigenvalue weighted by Crippen LogP contribution is 2.14. The number of nitrogens with two attached hydrogens (primary N) is 1. The fourth-order valence-corrected chi connectivity index (χ4v) is 1.45. The lowest BCUT2D eigenvalue weighted by Gasteiger charge is -2.02. The minimum absolute atomic E-state index is 0.112. The fraction of sp³-hybridized carbons (Fsp3) is 0.273. The summed E-state index contributed by atoms with van der Waals surface area (Å²) in [5.41, 5.74) is 6.50. The van der Waals surface area contributed by atoms with E-state index < -0.39 is 0 Å². The van der Waals surface area contributed by atoms with E-state index >= 15 is 0 Å². The summed E-state index contributed by atoms with van der Waals surface area (Å²) in [5.74, 6) is 1.41. The summed E-state index contributed by atoms with van der Waals surface area (Å²) in [6, 6.07) is 7.99. The molecule has 2 N–H and O–H groups in total. The molecule has 1 heterocycles. The molecule has 1 aromatic carbocycles. The monoisotopic (exact) mass is 219 g/mol.